The molecule has 1 N–H and O–H groups in total. The molecule has 7 heteroatoms. The van der Waals surface area contributed by atoms with Gasteiger partial charge in [0.15, 0.2) is 0 Å². The summed E-state index contributed by atoms with van der Waals surface area (Å²) in [7, 11) is 0. The Bertz CT molecular complexity index is 568. The van der Waals surface area contributed by atoms with Crippen LogP contribution in [0.5, 0.6) is 0 Å². The lowest BCUT2D eigenvalue weighted by Gasteiger charge is -2.35. The molecular formula is C17H23ClFN3O2. The van der Waals surface area contributed by atoms with Gasteiger partial charge in [0.25, 0.3) is 5.91 Å². The number of benzene rings is 1. The predicted molar refractivity (Wildman–Crippen MR) is 91.8 cm³/mol. The zero-order valence-corrected chi connectivity index (χ0v) is 14.4. The topological polar surface area (TPSA) is 52.7 Å². The molecule has 1 aromatic carbocycles. The standard InChI is InChI=1S/C17H22FN3O2.ClH/c18-14-5-3-13(4-6-14)17(23)21-10-8-20(9-11-21)16(22)12-15-2-1-7-19-15;/h3-6,15,19H,1-2,7-12H2;1H. The highest BCUT2D eigenvalue weighted by molar-refractivity contribution is 5.94. The maximum atomic E-state index is 12.9. The zero-order valence-electron chi connectivity index (χ0n) is 13.5. The molecule has 0 aromatic heterocycles. The van der Waals surface area contributed by atoms with Crippen LogP contribution in [0.4, 0.5) is 4.39 Å². The minimum atomic E-state index is -0.350. The largest absolute Gasteiger partial charge is 0.339 e. The van der Waals surface area contributed by atoms with E-state index in [0.717, 1.165) is 19.4 Å². The number of piperazine rings is 1. The zero-order chi connectivity index (χ0) is 16.2. The molecule has 5 nitrogen and oxygen atoms in total. The number of halogens is 2. The van der Waals surface area contributed by atoms with Gasteiger partial charge in [-0.2, -0.15) is 0 Å². The van der Waals surface area contributed by atoms with Crippen molar-refractivity contribution in [1.29, 1.82) is 0 Å². The van der Waals surface area contributed by atoms with E-state index in [-0.39, 0.29) is 30.0 Å². The molecule has 2 aliphatic heterocycles. The average Bonchev–Trinajstić information content (AvgIpc) is 3.08. The van der Waals surface area contributed by atoms with Crippen molar-refractivity contribution in [2.45, 2.75) is 25.3 Å². The second kappa shape index (κ2) is 8.44. The van der Waals surface area contributed by atoms with Gasteiger partial charge in [0.2, 0.25) is 5.91 Å². The van der Waals surface area contributed by atoms with Crippen LogP contribution in [0.15, 0.2) is 24.3 Å². The molecule has 2 saturated heterocycles. The maximum absolute atomic E-state index is 12.9. The quantitative estimate of drug-likeness (QED) is 0.897. The van der Waals surface area contributed by atoms with Gasteiger partial charge in [0, 0.05) is 44.2 Å². The Labute approximate surface area is 147 Å². The van der Waals surface area contributed by atoms with E-state index in [2.05, 4.69) is 5.32 Å². The third kappa shape index (κ3) is 4.45. The summed E-state index contributed by atoms with van der Waals surface area (Å²) in [5, 5.41) is 3.34. The molecule has 2 heterocycles. The Morgan fingerprint density at radius 3 is 2.29 bits per heavy atom. The highest BCUT2D eigenvalue weighted by Gasteiger charge is 2.27. The van der Waals surface area contributed by atoms with E-state index in [1.807, 2.05) is 4.90 Å². The fourth-order valence-electron chi connectivity index (χ4n) is 3.20. The first kappa shape index (κ1) is 18.7. The molecule has 0 saturated carbocycles. The van der Waals surface area contributed by atoms with Crippen LogP contribution >= 0.6 is 12.4 Å². The summed E-state index contributed by atoms with van der Waals surface area (Å²) >= 11 is 0. The van der Waals surface area contributed by atoms with Crippen molar-refractivity contribution in [3.05, 3.63) is 35.6 Å². The molecular weight excluding hydrogens is 333 g/mol. The summed E-state index contributed by atoms with van der Waals surface area (Å²) in [6.45, 7) is 3.19. The minimum absolute atomic E-state index is 0. The molecule has 0 bridgehead atoms. The number of carbonyl (C=O) groups is 2. The van der Waals surface area contributed by atoms with Crippen LogP contribution in [0.2, 0.25) is 0 Å². The summed E-state index contributed by atoms with van der Waals surface area (Å²) in [5.41, 5.74) is 0.487. The van der Waals surface area contributed by atoms with E-state index in [9.17, 15) is 14.0 Å². The van der Waals surface area contributed by atoms with Gasteiger partial charge in [-0.1, -0.05) is 0 Å². The van der Waals surface area contributed by atoms with Gasteiger partial charge in [-0.25, -0.2) is 4.39 Å². The van der Waals surface area contributed by atoms with Gasteiger partial charge < -0.3 is 15.1 Å². The molecule has 2 fully saturated rings. The SMILES string of the molecule is Cl.O=C(CC1CCCN1)N1CCN(C(=O)c2ccc(F)cc2)CC1. The number of nitrogens with one attached hydrogen (secondary N) is 1. The maximum Gasteiger partial charge on any atom is 0.253 e. The Kier molecular flexibility index (Phi) is 6.57. The number of nitrogens with zero attached hydrogens (tertiary/aromatic N) is 2. The van der Waals surface area contributed by atoms with Crippen LogP contribution in [-0.4, -0.2) is 60.4 Å². The predicted octanol–water partition coefficient (Wildman–Crippen LogP) is 1.67. The fourth-order valence-corrected chi connectivity index (χ4v) is 3.20. The van der Waals surface area contributed by atoms with Crippen molar-refractivity contribution >= 4 is 24.2 Å². The Morgan fingerprint density at radius 2 is 1.71 bits per heavy atom. The number of amides is 2. The average molecular weight is 356 g/mol. The second-order valence-corrected chi connectivity index (χ2v) is 6.18. The van der Waals surface area contributed by atoms with Gasteiger partial charge in [-0.15, -0.1) is 12.4 Å². The Balaban J connectivity index is 0.00000208. The monoisotopic (exact) mass is 355 g/mol. The van der Waals surface area contributed by atoms with E-state index < -0.39 is 0 Å². The molecule has 3 rings (SSSR count). The normalized spacial score (nSPS) is 20.6. The van der Waals surface area contributed by atoms with E-state index in [1.165, 1.54) is 24.3 Å². The number of hydrogen-bond donors (Lipinski definition) is 1. The first-order valence-corrected chi connectivity index (χ1v) is 8.19. The molecule has 1 atom stereocenters. The van der Waals surface area contributed by atoms with Crippen molar-refractivity contribution in [3.8, 4) is 0 Å². The third-order valence-electron chi connectivity index (χ3n) is 4.59. The van der Waals surface area contributed by atoms with E-state index in [1.54, 1.807) is 4.90 Å². The molecule has 0 radical (unpaired) electrons. The molecule has 2 aliphatic rings. The summed E-state index contributed by atoms with van der Waals surface area (Å²) in [6, 6.07) is 5.90. The van der Waals surface area contributed by atoms with Crippen LogP contribution in [0.25, 0.3) is 0 Å². The van der Waals surface area contributed by atoms with Crippen molar-refractivity contribution in [1.82, 2.24) is 15.1 Å². The summed E-state index contributed by atoms with van der Waals surface area (Å²) in [5.74, 6) is -0.287. The molecule has 0 spiro atoms. The van der Waals surface area contributed by atoms with Crippen LogP contribution in [0.3, 0.4) is 0 Å². The molecule has 2 amide bonds. The Hall–Kier alpha value is -1.66. The number of carbonyl (C=O) groups excluding carboxylic acids is 2. The minimum Gasteiger partial charge on any atom is -0.339 e. The lowest BCUT2D eigenvalue weighted by molar-refractivity contribution is -0.133. The fraction of sp³-hybridized carbons (Fsp3) is 0.529. The molecule has 24 heavy (non-hydrogen) atoms. The highest BCUT2D eigenvalue weighted by atomic mass is 35.5. The van der Waals surface area contributed by atoms with E-state index in [0.29, 0.717) is 44.2 Å². The van der Waals surface area contributed by atoms with Gasteiger partial charge >= 0.3 is 0 Å². The summed E-state index contributed by atoms with van der Waals surface area (Å²) in [4.78, 5) is 28.2. The summed E-state index contributed by atoms with van der Waals surface area (Å²) in [6.07, 6.45) is 2.75. The lowest BCUT2D eigenvalue weighted by atomic mass is 10.1. The van der Waals surface area contributed by atoms with Crippen molar-refractivity contribution in [2.24, 2.45) is 0 Å². The van der Waals surface area contributed by atoms with Crippen molar-refractivity contribution in [3.63, 3.8) is 0 Å². The van der Waals surface area contributed by atoms with Crippen LogP contribution < -0.4 is 5.32 Å². The van der Waals surface area contributed by atoms with Gasteiger partial charge in [0.05, 0.1) is 0 Å². The van der Waals surface area contributed by atoms with E-state index >= 15 is 0 Å². The van der Waals surface area contributed by atoms with Crippen molar-refractivity contribution in [2.75, 3.05) is 32.7 Å². The second-order valence-electron chi connectivity index (χ2n) is 6.18. The van der Waals surface area contributed by atoms with E-state index in [4.69, 9.17) is 0 Å². The smallest absolute Gasteiger partial charge is 0.253 e. The number of hydrogen-bond acceptors (Lipinski definition) is 3. The Morgan fingerprint density at radius 1 is 1.08 bits per heavy atom. The molecule has 132 valence electrons. The molecule has 1 unspecified atom stereocenters. The highest BCUT2D eigenvalue weighted by Crippen LogP contribution is 2.14. The third-order valence-corrected chi connectivity index (χ3v) is 4.59. The van der Waals surface area contributed by atoms with Crippen LogP contribution in [0.1, 0.15) is 29.6 Å². The lowest BCUT2D eigenvalue weighted by Crippen LogP contribution is -2.51. The first-order valence-electron chi connectivity index (χ1n) is 8.19. The van der Waals surface area contributed by atoms with Gasteiger partial charge in [0.1, 0.15) is 5.82 Å². The van der Waals surface area contributed by atoms with Crippen LogP contribution in [-0.2, 0) is 4.79 Å². The van der Waals surface area contributed by atoms with Crippen LogP contribution in [0, 0.1) is 5.82 Å². The van der Waals surface area contributed by atoms with Gasteiger partial charge in [-0.05, 0) is 43.7 Å². The van der Waals surface area contributed by atoms with Gasteiger partial charge in [-0.3, -0.25) is 9.59 Å². The molecule has 1 aromatic rings. The number of rotatable bonds is 3. The first-order chi connectivity index (χ1) is 11.1. The molecule has 0 aliphatic carbocycles. The summed E-state index contributed by atoms with van der Waals surface area (Å²) < 4.78 is 12.9. The van der Waals surface area contributed by atoms with Crippen molar-refractivity contribution < 1.29 is 14.0 Å².